The van der Waals surface area contributed by atoms with Crippen molar-refractivity contribution in [1.82, 2.24) is 10.9 Å². The van der Waals surface area contributed by atoms with E-state index in [1.165, 1.54) is 0 Å². The Morgan fingerprint density at radius 1 is 0.905 bits per heavy atom. The Balaban J connectivity index is 0.00000220. The van der Waals surface area contributed by atoms with Gasteiger partial charge in [0.05, 0.1) is 5.56 Å². The molecule has 2 rings (SSSR count). The first kappa shape index (κ1) is 17.6. The van der Waals surface area contributed by atoms with Crippen LogP contribution in [-0.4, -0.2) is 11.8 Å². The van der Waals surface area contributed by atoms with E-state index >= 15 is 0 Å². The van der Waals surface area contributed by atoms with Crippen LogP contribution in [0.4, 0.5) is 0 Å². The molecule has 7 heteroatoms. The smallest absolute Gasteiger partial charge is 0.267 e. The molecule has 0 atom stereocenters. The molecule has 0 saturated carbocycles. The van der Waals surface area contributed by atoms with Crippen LogP contribution in [0.15, 0.2) is 53.3 Å². The second-order valence-corrected chi connectivity index (χ2v) is 5.08. The Hall–Kier alpha value is -1.48. The Bertz CT molecular complexity index is 572. The number of amides is 2. The summed E-state index contributed by atoms with van der Waals surface area (Å²) in [6.45, 7) is 0. The van der Waals surface area contributed by atoms with Gasteiger partial charge in [0.2, 0.25) is 0 Å². The maximum Gasteiger partial charge on any atom is 0.270 e. The van der Waals surface area contributed by atoms with Crippen molar-refractivity contribution in [1.29, 1.82) is 0 Å². The normalized spacial score (nSPS) is 9.43. The quantitative estimate of drug-likeness (QED) is 0.407. The molecule has 2 amide bonds. The van der Waals surface area contributed by atoms with Crippen LogP contribution in [0.5, 0.6) is 0 Å². The van der Waals surface area contributed by atoms with Crippen molar-refractivity contribution >= 4 is 51.7 Å². The lowest BCUT2D eigenvalue weighted by Gasteiger charge is -2.07. The number of halogens is 2. The molecule has 0 aliphatic rings. The maximum atomic E-state index is 11.8. The highest BCUT2D eigenvalue weighted by atomic mass is 127. The lowest BCUT2D eigenvalue weighted by Crippen LogP contribution is -2.42. The van der Waals surface area contributed by atoms with Crippen LogP contribution >= 0.6 is 39.9 Å². The summed E-state index contributed by atoms with van der Waals surface area (Å²) < 4.78 is 2.70. The average Bonchev–Trinajstić information content (AvgIpc) is 2.46. The third kappa shape index (κ3) is 5.09. The van der Waals surface area contributed by atoms with Gasteiger partial charge in [0.1, 0.15) is 7.05 Å². The Morgan fingerprint density at radius 2 is 1.33 bits per heavy atom. The molecule has 0 radical (unpaired) electrons. The summed E-state index contributed by atoms with van der Waals surface area (Å²) in [5, 5.41) is 0. The molecule has 0 bridgehead atoms. The molecule has 0 saturated heterocycles. The lowest BCUT2D eigenvalue weighted by atomic mass is 10.2. The van der Waals surface area contributed by atoms with Crippen molar-refractivity contribution in [3.63, 3.8) is 0 Å². The number of carbonyl (C=O) groups is 2. The highest BCUT2D eigenvalue weighted by molar-refractivity contribution is 14.0. The summed E-state index contributed by atoms with van der Waals surface area (Å²) in [6, 6.07) is 10.2. The molecule has 21 heavy (non-hydrogen) atoms. The van der Waals surface area contributed by atoms with E-state index in [9.17, 15) is 9.59 Å². The Kier molecular flexibility index (Phi) is 6.76. The number of hydrogen-bond acceptors (Lipinski definition) is 2. The largest absolute Gasteiger partial charge is 0.270 e. The zero-order valence-corrected chi connectivity index (χ0v) is 15.1. The molecule has 1 aromatic carbocycles. The van der Waals surface area contributed by atoms with Crippen molar-refractivity contribution in [2.75, 3.05) is 0 Å². The molecule has 110 valence electrons. The molecular weight excluding hydrogens is 449 g/mol. The molecule has 0 aliphatic carbocycles. The number of rotatable bonds is 2. The highest BCUT2D eigenvalue weighted by Crippen LogP contribution is 2.10. The van der Waals surface area contributed by atoms with Crippen molar-refractivity contribution in [2.24, 2.45) is 7.05 Å². The van der Waals surface area contributed by atoms with Crippen LogP contribution in [-0.2, 0) is 7.05 Å². The molecule has 0 unspecified atom stereocenters. The van der Waals surface area contributed by atoms with E-state index in [2.05, 4.69) is 26.8 Å². The van der Waals surface area contributed by atoms with Gasteiger partial charge in [0.25, 0.3) is 11.8 Å². The monoisotopic (exact) mass is 462 g/mol. The van der Waals surface area contributed by atoms with Crippen molar-refractivity contribution < 1.29 is 14.2 Å². The van der Waals surface area contributed by atoms with Gasteiger partial charge < -0.3 is 0 Å². The van der Waals surface area contributed by atoms with E-state index in [0.717, 1.165) is 4.47 Å². The van der Waals surface area contributed by atoms with Crippen molar-refractivity contribution in [3.05, 3.63) is 64.4 Å². The standard InChI is InChI=1S/C14H12BrN3O2.HI/c1-18-8-6-11(7-9-18)14(20)17-16-13(19)10-2-4-12(15)5-3-10;/h2-9,20H,1H3;1H/p+1. The number of aromatic nitrogens is 1. The number of pyridine rings is 1. The van der Waals surface area contributed by atoms with E-state index in [0.29, 0.717) is 11.1 Å². The molecule has 1 heterocycles. The fourth-order valence-corrected chi connectivity index (χ4v) is 1.78. The molecule has 2 aromatic rings. The lowest BCUT2D eigenvalue weighted by molar-refractivity contribution is -0.671. The van der Waals surface area contributed by atoms with Crippen molar-refractivity contribution in [3.8, 4) is 0 Å². The van der Waals surface area contributed by atoms with Crippen molar-refractivity contribution in [2.45, 2.75) is 0 Å². The van der Waals surface area contributed by atoms with Gasteiger partial charge in [-0.3, -0.25) is 20.4 Å². The van der Waals surface area contributed by atoms with Gasteiger partial charge in [0, 0.05) is 22.2 Å². The zero-order chi connectivity index (χ0) is 14.5. The molecule has 5 nitrogen and oxygen atoms in total. The number of aryl methyl sites for hydroxylation is 1. The summed E-state index contributed by atoms with van der Waals surface area (Å²) in [6.07, 6.45) is 3.51. The van der Waals surface area contributed by atoms with E-state index in [1.807, 2.05) is 11.6 Å². The number of nitrogens with one attached hydrogen (secondary N) is 2. The van der Waals surface area contributed by atoms with Gasteiger partial charge in [-0.15, -0.1) is 24.0 Å². The number of nitrogens with zero attached hydrogens (tertiary/aromatic N) is 1. The first-order chi connectivity index (χ1) is 9.56. The van der Waals surface area contributed by atoms with Crippen LogP contribution in [0, 0.1) is 0 Å². The van der Waals surface area contributed by atoms with Gasteiger partial charge in [-0.25, -0.2) is 4.57 Å². The number of hydrazine groups is 1. The van der Waals surface area contributed by atoms with Crippen LogP contribution in [0.3, 0.4) is 0 Å². The number of hydrogen-bond donors (Lipinski definition) is 2. The predicted octanol–water partition coefficient (Wildman–Crippen LogP) is 1.97. The summed E-state index contributed by atoms with van der Waals surface area (Å²) in [4.78, 5) is 23.6. The summed E-state index contributed by atoms with van der Waals surface area (Å²) in [7, 11) is 1.86. The topological polar surface area (TPSA) is 62.1 Å². The van der Waals surface area contributed by atoms with Gasteiger partial charge >= 0.3 is 0 Å². The minimum atomic E-state index is -0.368. The zero-order valence-electron chi connectivity index (χ0n) is 11.2. The van der Waals surface area contributed by atoms with E-state index < -0.39 is 0 Å². The molecule has 0 fully saturated rings. The number of benzene rings is 1. The third-order valence-corrected chi connectivity index (χ3v) is 3.17. The third-order valence-electron chi connectivity index (χ3n) is 2.64. The van der Waals surface area contributed by atoms with Crippen LogP contribution in [0.1, 0.15) is 20.7 Å². The minimum absolute atomic E-state index is 0. The second kappa shape index (κ2) is 8.08. The van der Waals surface area contributed by atoms with Crippen LogP contribution in [0.25, 0.3) is 0 Å². The Labute approximate surface area is 147 Å². The first-order valence-electron chi connectivity index (χ1n) is 5.88. The number of carbonyl (C=O) groups excluding carboxylic acids is 2. The fraction of sp³-hybridized carbons (Fsp3) is 0.0714. The van der Waals surface area contributed by atoms with Gasteiger partial charge in [-0.1, -0.05) is 15.9 Å². The maximum absolute atomic E-state index is 11.8. The van der Waals surface area contributed by atoms with Crippen LogP contribution in [0.2, 0.25) is 0 Å². The van der Waals surface area contributed by atoms with Gasteiger partial charge in [0.15, 0.2) is 12.4 Å². The summed E-state index contributed by atoms with van der Waals surface area (Å²) in [5.41, 5.74) is 5.68. The molecular formula is C14H14BrIN3O2+. The summed E-state index contributed by atoms with van der Waals surface area (Å²) >= 11 is 3.29. The van der Waals surface area contributed by atoms with Crippen LogP contribution < -0.4 is 15.4 Å². The average molecular weight is 463 g/mol. The molecule has 1 aromatic heterocycles. The second-order valence-electron chi connectivity index (χ2n) is 4.17. The summed E-state index contributed by atoms with van der Waals surface area (Å²) in [5.74, 6) is -0.733. The van der Waals surface area contributed by atoms with Gasteiger partial charge in [-0.05, 0) is 24.3 Å². The highest BCUT2D eigenvalue weighted by Gasteiger charge is 2.09. The molecule has 2 N–H and O–H groups in total. The Morgan fingerprint density at radius 3 is 1.81 bits per heavy atom. The molecule has 0 aliphatic heterocycles. The fourth-order valence-electron chi connectivity index (χ4n) is 1.51. The first-order valence-corrected chi connectivity index (χ1v) is 6.67. The van der Waals surface area contributed by atoms with E-state index in [4.69, 9.17) is 0 Å². The SMILES string of the molecule is C[n+]1ccc(C(=O)NNC(=O)c2ccc(Br)cc2)cc1.I. The minimum Gasteiger partial charge on any atom is -0.267 e. The van der Waals surface area contributed by atoms with E-state index in [-0.39, 0.29) is 35.8 Å². The van der Waals surface area contributed by atoms with Gasteiger partial charge in [-0.2, -0.15) is 0 Å². The predicted molar refractivity (Wildman–Crippen MR) is 92.1 cm³/mol. The van der Waals surface area contributed by atoms with E-state index in [1.54, 1.807) is 48.8 Å². The molecule has 0 spiro atoms.